The third-order valence-corrected chi connectivity index (χ3v) is 5.54. The zero-order valence-electron chi connectivity index (χ0n) is 17.0. The minimum absolute atomic E-state index is 0.0213. The quantitative estimate of drug-likeness (QED) is 0.673. The first kappa shape index (κ1) is 20.9. The summed E-state index contributed by atoms with van der Waals surface area (Å²) in [4.78, 5) is 29.8. The molecule has 0 bridgehead atoms. The molecule has 2 heterocycles. The summed E-state index contributed by atoms with van der Waals surface area (Å²) >= 11 is 6.00. The van der Waals surface area contributed by atoms with Crippen molar-refractivity contribution < 1.29 is 9.59 Å². The first-order valence-corrected chi connectivity index (χ1v) is 10.6. The van der Waals surface area contributed by atoms with Gasteiger partial charge in [-0.25, -0.2) is 4.79 Å². The van der Waals surface area contributed by atoms with Crippen LogP contribution in [0.5, 0.6) is 0 Å². The maximum absolute atomic E-state index is 13.5. The second-order valence-electron chi connectivity index (χ2n) is 7.41. The van der Waals surface area contributed by atoms with Crippen LogP contribution >= 0.6 is 11.6 Å². The Hall–Kier alpha value is -3.32. The number of rotatable bonds is 4. The maximum Gasteiger partial charge on any atom is 0.321 e. The highest BCUT2D eigenvalue weighted by Crippen LogP contribution is 2.22. The molecule has 7 nitrogen and oxygen atoms in total. The Kier molecular flexibility index (Phi) is 6.52. The van der Waals surface area contributed by atoms with E-state index in [9.17, 15) is 9.59 Å². The number of aromatic nitrogens is 2. The molecular formula is C23H24ClN5O2. The molecule has 0 radical (unpaired) electrons. The van der Waals surface area contributed by atoms with E-state index in [1.54, 1.807) is 46.2 Å². The number of nitrogens with one attached hydrogen (secondary N) is 1. The molecule has 0 aliphatic carbocycles. The van der Waals surface area contributed by atoms with Gasteiger partial charge in [0.05, 0.1) is 0 Å². The van der Waals surface area contributed by atoms with E-state index < -0.39 is 6.04 Å². The SMILES string of the molecule is O=C(Nc1cccc(Cl)c1)N1CCCN(C(=O)C(c2ccccc2)n2cccn2)CC1. The van der Waals surface area contributed by atoms with Crippen LogP contribution in [-0.2, 0) is 4.79 Å². The topological polar surface area (TPSA) is 70.5 Å². The molecule has 2 aromatic carbocycles. The van der Waals surface area contributed by atoms with Crippen LogP contribution in [0.25, 0.3) is 0 Å². The summed E-state index contributed by atoms with van der Waals surface area (Å²) in [6.45, 7) is 2.09. The lowest BCUT2D eigenvalue weighted by atomic mass is 10.1. The van der Waals surface area contributed by atoms with Crippen LogP contribution in [-0.4, -0.2) is 57.7 Å². The minimum atomic E-state index is -0.525. The van der Waals surface area contributed by atoms with Crippen molar-refractivity contribution in [2.75, 3.05) is 31.5 Å². The van der Waals surface area contributed by atoms with Crippen molar-refractivity contribution in [1.82, 2.24) is 19.6 Å². The van der Waals surface area contributed by atoms with Crippen molar-refractivity contribution in [2.24, 2.45) is 0 Å². The molecule has 1 atom stereocenters. The van der Waals surface area contributed by atoms with Crippen LogP contribution in [0.4, 0.5) is 10.5 Å². The third kappa shape index (κ3) is 5.06. The standard InChI is InChI=1S/C23H24ClN5O2/c24-19-9-4-10-20(17-19)26-23(31)28-13-6-12-27(15-16-28)22(30)21(29-14-5-11-25-29)18-7-2-1-3-8-18/h1-5,7-11,14,17,21H,6,12-13,15-16H2,(H,26,31). The molecule has 1 N–H and O–H groups in total. The number of hydrogen-bond acceptors (Lipinski definition) is 3. The molecule has 1 saturated heterocycles. The number of anilines is 1. The van der Waals surface area contributed by atoms with Gasteiger partial charge in [-0.1, -0.05) is 48.0 Å². The van der Waals surface area contributed by atoms with Gasteiger partial charge in [0.1, 0.15) is 0 Å². The molecule has 31 heavy (non-hydrogen) atoms. The number of nitrogens with zero attached hydrogens (tertiary/aromatic N) is 4. The monoisotopic (exact) mass is 437 g/mol. The number of carbonyl (C=O) groups is 2. The van der Waals surface area contributed by atoms with Gasteiger partial charge in [-0.3, -0.25) is 9.48 Å². The van der Waals surface area contributed by atoms with E-state index in [-0.39, 0.29) is 11.9 Å². The highest BCUT2D eigenvalue weighted by atomic mass is 35.5. The summed E-state index contributed by atoms with van der Waals surface area (Å²) in [5, 5.41) is 7.76. The molecule has 0 spiro atoms. The first-order chi connectivity index (χ1) is 15.1. The average Bonchev–Trinajstić information content (AvgIpc) is 3.17. The van der Waals surface area contributed by atoms with Gasteiger partial charge < -0.3 is 15.1 Å². The van der Waals surface area contributed by atoms with Gasteiger partial charge in [-0.05, 0) is 36.2 Å². The first-order valence-electron chi connectivity index (χ1n) is 10.3. The van der Waals surface area contributed by atoms with E-state index in [1.807, 2.05) is 41.3 Å². The van der Waals surface area contributed by atoms with Crippen molar-refractivity contribution in [3.05, 3.63) is 83.6 Å². The Morgan fingerprint density at radius 2 is 1.71 bits per heavy atom. The van der Waals surface area contributed by atoms with Gasteiger partial charge in [0.25, 0.3) is 5.91 Å². The Bertz CT molecular complexity index is 1030. The highest BCUT2D eigenvalue weighted by molar-refractivity contribution is 6.30. The van der Waals surface area contributed by atoms with Crippen LogP contribution in [0.3, 0.4) is 0 Å². The zero-order chi connectivity index (χ0) is 21.6. The normalized spacial score (nSPS) is 15.3. The molecule has 160 valence electrons. The molecule has 1 fully saturated rings. The van der Waals surface area contributed by atoms with Gasteiger partial charge >= 0.3 is 6.03 Å². The average molecular weight is 438 g/mol. The van der Waals surface area contributed by atoms with Crippen LogP contribution in [0.1, 0.15) is 18.0 Å². The Labute approximate surface area is 186 Å². The summed E-state index contributed by atoms with van der Waals surface area (Å²) in [5.41, 5.74) is 1.54. The van der Waals surface area contributed by atoms with Crippen molar-refractivity contribution >= 4 is 29.2 Å². The fourth-order valence-electron chi connectivity index (χ4n) is 3.76. The zero-order valence-corrected chi connectivity index (χ0v) is 17.8. The van der Waals surface area contributed by atoms with Gasteiger partial charge in [-0.15, -0.1) is 0 Å². The second-order valence-corrected chi connectivity index (χ2v) is 7.84. The van der Waals surface area contributed by atoms with E-state index in [0.29, 0.717) is 43.3 Å². The van der Waals surface area contributed by atoms with Gasteiger partial charge in [-0.2, -0.15) is 5.10 Å². The molecule has 4 rings (SSSR count). The van der Waals surface area contributed by atoms with E-state index in [2.05, 4.69) is 10.4 Å². The Morgan fingerprint density at radius 1 is 0.935 bits per heavy atom. The van der Waals surface area contributed by atoms with Crippen LogP contribution in [0.2, 0.25) is 5.02 Å². The lowest BCUT2D eigenvalue weighted by Gasteiger charge is -2.27. The molecule has 1 aromatic heterocycles. The van der Waals surface area contributed by atoms with Crippen molar-refractivity contribution in [3.8, 4) is 0 Å². The summed E-state index contributed by atoms with van der Waals surface area (Å²) < 4.78 is 1.69. The minimum Gasteiger partial charge on any atom is -0.339 e. The summed E-state index contributed by atoms with van der Waals surface area (Å²) in [5.74, 6) is -0.0213. The maximum atomic E-state index is 13.5. The summed E-state index contributed by atoms with van der Waals surface area (Å²) in [6.07, 6.45) is 4.18. The van der Waals surface area contributed by atoms with Crippen LogP contribution in [0.15, 0.2) is 73.1 Å². The molecular weight excluding hydrogens is 414 g/mol. The molecule has 0 saturated carbocycles. The number of halogens is 1. The molecule has 1 unspecified atom stereocenters. The smallest absolute Gasteiger partial charge is 0.321 e. The van der Waals surface area contributed by atoms with E-state index in [1.165, 1.54) is 0 Å². The predicted octanol–water partition coefficient (Wildman–Crippen LogP) is 3.89. The van der Waals surface area contributed by atoms with Gasteiger partial charge in [0.2, 0.25) is 0 Å². The summed E-state index contributed by atoms with van der Waals surface area (Å²) in [7, 11) is 0. The van der Waals surface area contributed by atoms with Crippen molar-refractivity contribution in [2.45, 2.75) is 12.5 Å². The molecule has 3 amide bonds. The Balaban J connectivity index is 1.44. The molecule has 1 aliphatic heterocycles. The third-order valence-electron chi connectivity index (χ3n) is 5.31. The van der Waals surface area contributed by atoms with E-state index in [0.717, 1.165) is 5.56 Å². The number of carbonyl (C=O) groups excluding carboxylic acids is 2. The largest absolute Gasteiger partial charge is 0.339 e. The second kappa shape index (κ2) is 9.66. The van der Waals surface area contributed by atoms with E-state index >= 15 is 0 Å². The highest BCUT2D eigenvalue weighted by Gasteiger charge is 2.30. The number of amides is 3. The van der Waals surface area contributed by atoms with Crippen LogP contribution in [0, 0.1) is 0 Å². The number of urea groups is 1. The molecule has 3 aromatic rings. The molecule has 8 heteroatoms. The van der Waals surface area contributed by atoms with E-state index in [4.69, 9.17) is 11.6 Å². The van der Waals surface area contributed by atoms with Gasteiger partial charge in [0.15, 0.2) is 6.04 Å². The fourth-order valence-corrected chi connectivity index (χ4v) is 3.95. The lowest BCUT2D eigenvalue weighted by molar-refractivity contribution is -0.133. The fraction of sp³-hybridized carbons (Fsp3) is 0.261. The van der Waals surface area contributed by atoms with Crippen molar-refractivity contribution in [1.29, 1.82) is 0 Å². The Morgan fingerprint density at radius 3 is 2.45 bits per heavy atom. The summed E-state index contributed by atoms with van der Waals surface area (Å²) in [6, 6.07) is 17.8. The molecule has 1 aliphatic rings. The predicted molar refractivity (Wildman–Crippen MR) is 120 cm³/mol. The number of hydrogen-bond donors (Lipinski definition) is 1. The number of benzene rings is 2. The van der Waals surface area contributed by atoms with Crippen LogP contribution < -0.4 is 5.32 Å². The lowest BCUT2D eigenvalue weighted by Crippen LogP contribution is -2.42. The van der Waals surface area contributed by atoms with Gasteiger partial charge in [0, 0.05) is 49.3 Å². The van der Waals surface area contributed by atoms with Crippen molar-refractivity contribution in [3.63, 3.8) is 0 Å².